The highest BCUT2D eigenvalue weighted by Gasteiger charge is 2.28. The minimum atomic E-state index is -4.41. The smallest absolute Gasteiger partial charge is 0.422 e. The van der Waals surface area contributed by atoms with Crippen LogP contribution in [0.1, 0.15) is 22.5 Å². The molecule has 0 atom stereocenters. The van der Waals surface area contributed by atoms with Gasteiger partial charge in [-0.1, -0.05) is 17.4 Å². The SMILES string of the molecule is O=C(CCCNC(=O)c1cccs1)Nc1nc2ccc(OCC(F)(F)F)cc2s1. The summed E-state index contributed by atoms with van der Waals surface area (Å²) >= 11 is 2.48. The van der Waals surface area contributed by atoms with Gasteiger partial charge in [0.1, 0.15) is 5.75 Å². The Kier molecular flexibility index (Phi) is 6.70. The first-order chi connectivity index (χ1) is 13.8. The molecule has 2 N–H and O–H groups in total. The van der Waals surface area contributed by atoms with Crippen LogP contribution in [0.4, 0.5) is 18.3 Å². The number of fused-ring (bicyclic) bond motifs is 1. The van der Waals surface area contributed by atoms with Crippen molar-refractivity contribution in [3.05, 3.63) is 40.6 Å². The van der Waals surface area contributed by atoms with Gasteiger partial charge in [-0.3, -0.25) is 9.59 Å². The van der Waals surface area contributed by atoms with Gasteiger partial charge >= 0.3 is 6.18 Å². The molecule has 2 aromatic heterocycles. The Labute approximate surface area is 171 Å². The third-order valence-electron chi connectivity index (χ3n) is 3.62. The van der Waals surface area contributed by atoms with Crippen LogP contribution in [0, 0.1) is 0 Å². The van der Waals surface area contributed by atoms with Crippen molar-refractivity contribution in [1.82, 2.24) is 10.3 Å². The van der Waals surface area contributed by atoms with Crippen molar-refractivity contribution in [2.75, 3.05) is 18.5 Å². The van der Waals surface area contributed by atoms with Gasteiger partial charge in [0.15, 0.2) is 11.7 Å². The molecule has 3 rings (SSSR count). The molecule has 1 aromatic carbocycles. The summed E-state index contributed by atoms with van der Waals surface area (Å²) in [5.74, 6) is -0.351. The van der Waals surface area contributed by atoms with Crippen molar-refractivity contribution in [2.24, 2.45) is 0 Å². The van der Waals surface area contributed by atoms with Crippen LogP contribution in [0.3, 0.4) is 0 Å². The van der Waals surface area contributed by atoms with Crippen molar-refractivity contribution in [2.45, 2.75) is 19.0 Å². The molecule has 0 aliphatic rings. The van der Waals surface area contributed by atoms with Gasteiger partial charge in [-0.05, 0) is 36.1 Å². The molecule has 2 heterocycles. The number of alkyl halides is 3. The third-order valence-corrected chi connectivity index (χ3v) is 5.42. The molecular weight excluding hydrogens is 427 g/mol. The number of halogens is 3. The summed E-state index contributed by atoms with van der Waals surface area (Å²) in [5, 5.41) is 7.56. The van der Waals surface area contributed by atoms with Gasteiger partial charge in [0.2, 0.25) is 5.91 Å². The average molecular weight is 443 g/mol. The topological polar surface area (TPSA) is 80.3 Å². The highest BCUT2D eigenvalue weighted by atomic mass is 32.1. The van der Waals surface area contributed by atoms with E-state index in [2.05, 4.69) is 15.6 Å². The maximum Gasteiger partial charge on any atom is 0.422 e. The zero-order chi connectivity index (χ0) is 20.9. The predicted octanol–water partition coefficient (Wildman–Crippen LogP) is 4.45. The lowest BCUT2D eigenvalue weighted by Gasteiger charge is -2.08. The van der Waals surface area contributed by atoms with Crippen LogP contribution in [-0.4, -0.2) is 36.1 Å². The van der Waals surface area contributed by atoms with Crippen LogP contribution in [0.15, 0.2) is 35.7 Å². The number of benzene rings is 1. The van der Waals surface area contributed by atoms with Gasteiger partial charge in [0.05, 0.1) is 15.1 Å². The number of aromatic nitrogens is 1. The highest BCUT2D eigenvalue weighted by Crippen LogP contribution is 2.30. The van der Waals surface area contributed by atoms with Crippen LogP contribution >= 0.6 is 22.7 Å². The molecule has 0 fully saturated rings. The van der Waals surface area contributed by atoms with Crippen molar-refractivity contribution >= 4 is 49.8 Å². The molecule has 0 radical (unpaired) electrons. The monoisotopic (exact) mass is 443 g/mol. The predicted molar refractivity (Wildman–Crippen MR) is 106 cm³/mol. The Morgan fingerprint density at radius 2 is 2.03 bits per heavy atom. The van der Waals surface area contributed by atoms with Crippen LogP contribution < -0.4 is 15.4 Å². The van der Waals surface area contributed by atoms with Crippen LogP contribution in [0.5, 0.6) is 5.75 Å². The zero-order valence-corrected chi connectivity index (χ0v) is 16.5. The summed E-state index contributed by atoms with van der Waals surface area (Å²) in [4.78, 5) is 28.7. The zero-order valence-electron chi connectivity index (χ0n) is 14.9. The second-order valence-corrected chi connectivity index (χ2v) is 7.92. The van der Waals surface area contributed by atoms with E-state index in [1.165, 1.54) is 29.5 Å². The quantitative estimate of drug-likeness (QED) is 0.504. The first kappa shape index (κ1) is 21.1. The summed E-state index contributed by atoms with van der Waals surface area (Å²) in [6, 6.07) is 7.90. The van der Waals surface area contributed by atoms with Crippen molar-refractivity contribution in [3.63, 3.8) is 0 Å². The molecular formula is C18H16F3N3O3S2. The van der Waals surface area contributed by atoms with Crippen LogP contribution in [0.2, 0.25) is 0 Å². The minimum absolute atomic E-state index is 0.0813. The van der Waals surface area contributed by atoms with E-state index in [9.17, 15) is 22.8 Å². The van der Waals surface area contributed by atoms with Gasteiger partial charge in [-0.2, -0.15) is 13.2 Å². The maximum atomic E-state index is 12.2. The first-order valence-electron chi connectivity index (χ1n) is 8.52. The number of ether oxygens (including phenoxy) is 1. The van der Waals surface area contributed by atoms with E-state index >= 15 is 0 Å². The Balaban J connectivity index is 1.46. The summed E-state index contributed by atoms with van der Waals surface area (Å²) < 4.78 is 42.0. The fourth-order valence-corrected chi connectivity index (χ4v) is 3.89. The molecule has 11 heteroatoms. The largest absolute Gasteiger partial charge is 0.484 e. The van der Waals surface area contributed by atoms with Gasteiger partial charge < -0.3 is 15.4 Å². The molecule has 0 saturated heterocycles. The molecule has 0 aliphatic carbocycles. The van der Waals surface area contributed by atoms with Crippen LogP contribution in [-0.2, 0) is 4.79 Å². The molecule has 3 aromatic rings. The van der Waals surface area contributed by atoms with E-state index in [1.54, 1.807) is 12.1 Å². The highest BCUT2D eigenvalue weighted by molar-refractivity contribution is 7.22. The molecule has 29 heavy (non-hydrogen) atoms. The maximum absolute atomic E-state index is 12.2. The fraction of sp³-hybridized carbons (Fsp3) is 0.278. The Bertz CT molecular complexity index is 987. The number of hydrogen-bond acceptors (Lipinski definition) is 6. The minimum Gasteiger partial charge on any atom is -0.484 e. The summed E-state index contributed by atoms with van der Waals surface area (Å²) in [6.07, 6.45) is -3.76. The number of amides is 2. The standard InChI is InChI=1S/C18H16F3N3O3S2/c19-18(20,21)10-27-11-5-6-12-14(9-11)29-17(23-12)24-15(25)4-1-7-22-16(26)13-3-2-8-28-13/h2-3,5-6,8-9H,1,4,7,10H2,(H,22,26)(H,23,24,25). The summed E-state index contributed by atoms with van der Waals surface area (Å²) in [5.41, 5.74) is 0.549. The molecule has 0 unspecified atom stereocenters. The molecule has 0 spiro atoms. The fourth-order valence-electron chi connectivity index (χ4n) is 2.34. The first-order valence-corrected chi connectivity index (χ1v) is 10.2. The van der Waals surface area contributed by atoms with E-state index in [0.29, 0.717) is 33.2 Å². The molecule has 0 aliphatic heterocycles. The van der Waals surface area contributed by atoms with E-state index in [1.807, 2.05) is 5.38 Å². The Morgan fingerprint density at radius 3 is 2.76 bits per heavy atom. The number of hydrogen-bond donors (Lipinski definition) is 2. The van der Waals surface area contributed by atoms with E-state index in [0.717, 1.165) is 11.3 Å². The Hall–Kier alpha value is -2.66. The lowest BCUT2D eigenvalue weighted by atomic mass is 10.3. The second-order valence-electron chi connectivity index (χ2n) is 5.94. The number of nitrogens with one attached hydrogen (secondary N) is 2. The molecule has 6 nitrogen and oxygen atoms in total. The lowest BCUT2D eigenvalue weighted by Crippen LogP contribution is -2.24. The number of carbonyl (C=O) groups excluding carboxylic acids is 2. The van der Waals surface area contributed by atoms with E-state index in [-0.39, 0.29) is 24.0 Å². The molecule has 2 amide bonds. The summed E-state index contributed by atoms with van der Waals surface area (Å²) in [6.45, 7) is -1.01. The summed E-state index contributed by atoms with van der Waals surface area (Å²) in [7, 11) is 0. The molecule has 154 valence electrons. The number of carbonyl (C=O) groups is 2. The second kappa shape index (κ2) is 9.23. The van der Waals surface area contributed by atoms with Gasteiger partial charge in [0.25, 0.3) is 5.91 Å². The lowest BCUT2D eigenvalue weighted by molar-refractivity contribution is -0.153. The van der Waals surface area contributed by atoms with E-state index in [4.69, 9.17) is 4.74 Å². The average Bonchev–Trinajstić information content (AvgIpc) is 3.31. The van der Waals surface area contributed by atoms with Gasteiger partial charge in [0, 0.05) is 13.0 Å². The van der Waals surface area contributed by atoms with Crippen LogP contribution in [0.25, 0.3) is 10.2 Å². The number of thiophene rings is 1. The van der Waals surface area contributed by atoms with Crippen molar-refractivity contribution < 1.29 is 27.5 Å². The van der Waals surface area contributed by atoms with Crippen molar-refractivity contribution in [1.29, 1.82) is 0 Å². The number of nitrogens with zero attached hydrogens (tertiary/aromatic N) is 1. The van der Waals surface area contributed by atoms with E-state index < -0.39 is 12.8 Å². The normalized spacial score (nSPS) is 11.4. The van der Waals surface area contributed by atoms with Gasteiger partial charge in [-0.15, -0.1) is 11.3 Å². The molecule has 0 saturated carbocycles. The van der Waals surface area contributed by atoms with Crippen molar-refractivity contribution in [3.8, 4) is 5.75 Å². The Morgan fingerprint density at radius 1 is 1.21 bits per heavy atom. The number of rotatable bonds is 8. The number of thiazole rings is 1. The molecule has 0 bridgehead atoms. The third kappa shape index (κ3) is 6.43. The van der Waals surface area contributed by atoms with Gasteiger partial charge in [-0.25, -0.2) is 4.98 Å². The number of anilines is 1.